The SMILES string of the molecule is CS(=O)(=O)N1CC[C@H](S(=O)(=O)Cc2ccco2)C1. The smallest absolute Gasteiger partial charge is 0.211 e. The van der Waals surface area contributed by atoms with Crippen LogP contribution in [0.3, 0.4) is 0 Å². The van der Waals surface area contributed by atoms with Crippen LogP contribution in [0.5, 0.6) is 0 Å². The Morgan fingerprint density at radius 3 is 2.61 bits per heavy atom. The van der Waals surface area contributed by atoms with Gasteiger partial charge in [-0.3, -0.25) is 0 Å². The van der Waals surface area contributed by atoms with Gasteiger partial charge in [0.05, 0.1) is 17.8 Å². The lowest BCUT2D eigenvalue weighted by Gasteiger charge is -2.13. The fourth-order valence-electron chi connectivity index (χ4n) is 2.00. The van der Waals surface area contributed by atoms with E-state index in [1.165, 1.54) is 10.6 Å². The second-order valence-corrected chi connectivity index (χ2v) is 8.68. The fourth-order valence-corrected chi connectivity index (χ4v) is 4.65. The molecule has 1 aliphatic heterocycles. The molecule has 0 aliphatic carbocycles. The molecule has 18 heavy (non-hydrogen) atoms. The van der Waals surface area contributed by atoms with Crippen molar-refractivity contribution in [3.63, 3.8) is 0 Å². The van der Waals surface area contributed by atoms with E-state index >= 15 is 0 Å². The summed E-state index contributed by atoms with van der Waals surface area (Å²) < 4.78 is 53.1. The Balaban J connectivity index is 2.09. The monoisotopic (exact) mass is 293 g/mol. The predicted molar refractivity (Wildman–Crippen MR) is 66.2 cm³/mol. The molecule has 8 heteroatoms. The normalized spacial score (nSPS) is 22.4. The Morgan fingerprint density at radius 1 is 1.39 bits per heavy atom. The van der Waals surface area contributed by atoms with Crippen molar-refractivity contribution < 1.29 is 21.3 Å². The topological polar surface area (TPSA) is 84.7 Å². The third kappa shape index (κ3) is 2.93. The van der Waals surface area contributed by atoms with Crippen LogP contribution in [0.2, 0.25) is 0 Å². The molecule has 0 spiro atoms. The highest BCUT2D eigenvalue weighted by Crippen LogP contribution is 2.22. The Morgan fingerprint density at radius 2 is 2.11 bits per heavy atom. The summed E-state index contributed by atoms with van der Waals surface area (Å²) in [6, 6.07) is 3.23. The standard InChI is InChI=1S/C10H15NO5S2/c1-17(12,13)11-5-4-10(7-11)18(14,15)8-9-3-2-6-16-9/h2-3,6,10H,4-5,7-8H2,1H3/t10-/m0/s1. The van der Waals surface area contributed by atoms with Gasteiger partial charge in [-0.25, -0.2) is 21.1 Å². The van der Waals surface area contributed by atoms with E-state index in [1.54, 1.807) is 12.1 Å². The van der Waals surface area contributed by atoms with Crippen LogP contribution in [0.15, 0.2) is 22.8 Å². The van der Waals surface area contributed by atoms with Crippen molar-refractivity contribution in [2.45, 2.75) is 17.4 Å². The summed E-state index contributed by atoms with van der Waals surface area (Å²) in [6.07, 6.45) is 2.85. The minimum absolute atomic E-state index is 0.0435. The first-order valence-electron chi connectivity index (χ1n) is 5.48. The van der Waals surface area contributed by atoms with E-state index in [0.29, 0.717) is 12.2 Å². The maximum absolute atomic E-state index is 12.1. The van der Waals surface area contributed by atoms with Gasteiger partial charge < -0.3 is 4.42 Å². The first kappa shape index (κ1) is 13.6. The zero-order chi connectivity index (χ0) is 13.4. The molecule has 102 valence electrons. The van der Waals surface area contributed by atoms with E-state index in [-0.39, 0.29) is 18.8 Å². The molecular weight excluding hydrogens is 278 g/mol. The van der Waals surface area contributed by atoms with Crippen molar-refractivity contribution in [1.82, 2.24) is 4.31 Å². The first-order chi connectivity index (χ1) is 8.29. The van der Waals surface area contributed by atoms with Crippen LogP contribution in [-0.4, -0.2) is 45.7 Å². The van der Waals surface area contributed by atoms with E-state index in [0.717, 1.165) is 6.26 Å². The van der Waals surface area contributed by atoms with Gasteiger partial charge in [0.1, 0.15) is 11.5 Å². The van der Waals surface area contributed by atoms with Crippen LogP contribution in [0.4, 0.5) is 0 Å². The number of hydrogen-bond donors (Lipinski definition) is 0. The van der Waals surface area contributed by atoms with Crippen molar-refractivity contribution in [3.05, 3.63) is 24.2 Å². The van der Waals surface area contributed by atoms with Crippen molar-refractivity contribution in [1.29, 1.82) is 0 Å². The number of sulfonamides is 1. The van der Waals surface area contributed by atoms with Crippen molar-refractivity contribution in [2.75, 3.05) is 19.3 Å². The number of nitrogens with zero attached hydrogens (tertiary/aromatic N) is 1. The van der Waals surface area contributed by atoms with Gasteiger partial charge in [-0.05, 0) is 18.6 Å². The molecule has 0 bridgehead atoms. The van der Waals surface area contributed by atoms with E-state index in [9.17, 15) is 16.8 Å². The second-order valence-electron chi connectivity index (χ2n) is 4.42. The Bertz CT molecular complexity index is 603. The lowest BCUT2D eigenvalue weighted by atomic mass is 10.4. The highest BCUT2D eigenvalue weighted by molar-refractivity contribution is 7.91. The predicted octanol–water partition coefficient (Wildman–Crippen LogP) is 0.228. The summed E-state index contributed by atoms with van der Waals surface area (Å²) in [6.45, 7) is 0.308. The lowest BCUT2D eigenvalue weighted by Crippen LogP contribution is -2.31. The van der Waals surface area contributed by atoms with E-state index in [4.69, 9.17) is 4.42 Å². The number of rotatable bonds is 4. The maximum atomic E-state index is 12.1. The molecule has 0 amide bonds. The molecule has 1 aromatic heterocycles. The highest BCUT2D eigenvalue weighted by atomic mass is 32.2. The Kier molecular flexibility index (Phi) is 3.52. The molecule has 2 rings (SSSR count). The summed E-state index contributed by atoms with van der Waals surface area (Å²) in [5.41, 5.74) is 0. The zero-order valence-electron chi connectivity index (χ0n) is 9.94. The molecule has 0 radical (unpaired) electrons. The second kappa shape index (κ2) is 4.67. The van der Waals surface area contributed by atoms with Gasteiger partial charge in [0.15, 0.2) is 9.84 Å². The largest absolute Gasteiger partial charge is 0.468 e. The Labute approximate surface area is 107 Å². The van der Waals surface area contributed by atoms with Crippen LogP contribution >= 0.6 is 0 Å². The third-order valence-corrected chi connectivity index (χ3v) is 6.37. The van der Waals surface area contributed by atoms with E-state index in [1.807, 2.05) is 0 Å². The van der Waals surface area contributed by atoms with Crippen molar-refractivity contribution in [3.8, 4) is 0 Å². The maximum Gasteiger partial charge on any atom is 0.211 e. The molecule has 1 atom stereocenters. The molecular formula is C10H15NO5S2. The minimum Gasteiger partial charge on any atom is -0.468 e. The summed E-state index contributed by atoms with van der Waals surface area (Å²) in [4.78, 5) is 0. The van der Waals surface area contributed by atoms with Crippen LogP contribution < -0.4 is 0 Å². The number of furan rings is 1. The van der Waals surface area contributed by atoms with Gasteiger partial charge in [0.2, 0.25) is 10.0 Å². The minimum atomic E-state index is -3.38. The van der Waals surface area contributed by atoms with Gasteiger partial charge in [-0.1, -0.05) is 0 Å². The van der Waals surface area contributed by atoms with Gasteiger partial charge in [-0.2, -0.15) is 0 Å². The molecule has 0 saturated carbocycles. The zero-order valence-corrected chi connectivity index (χ0v) is 11.6. The summed E-state index contributed by atoms with van der Waals surface area (Å²) in [5, 5.41) is -0.641. The molecule has 2 heterocycles. The van der Waals surface area contributed by atoms with Gasteiger partial charge in [-0.15, -0.1) is 0 Å². The van der Waals surface area contributed by atoms with Gasteiger partial charge >= 0.3 is 0 Å². The van der Waals surface area contributed by atoms with E-state index < -0.39 is 25.1 Å². The molecule has 1 saturated heterocycles. The van der Waals surface area contributed by atoms with Crippen LogP contribution in [0, 0.1) is 0 Å². The molecule has 1 aliphatic rings. The van der Waals surface area contributed by atoms with Crippen molar-refractivity contribution >= 4 is 19.9 Å². The molecule has 0 N–H and O–H groups in total. The quantitative estimate of drug-likeness (QED) is 0.793. The molecule has 1 fully saturated rings. The van der Waals surface area contributed by atoms with Crippen LogP contribution in [0.25, 0.3) is 0 Å². The fraction of sp³-hybridized carbons (Fsp3) is 0.600. The molecule has 0 aromatic carbocycles. The van der Waals surface area contributed by atoms with E-state index in [2.05, 4.69) is 0 Å². The third-order valence-electron chi connectivity index (χ3n) is 3.01. The molecule has 6 nitrogen and oxygen atoms in total. The van der Waals surface area contributed by atoms with Gasteiger partial charge in [0, 0.05) is 13.1 Å². The van der Waals surface area contributed by atoms with Crippen LogP contribution in [0.1, 0.15) is 12.2 Å². The summed E-state index contributed by atoms with van der Waals surface area (Å²) in [5.74, 6) is 0.204. The van der Waals surface area contributed by atoms with Crippen molar-refractivity contribution in [2.24, 2.45) is 0 Å². The van der Waals surface area contributed by atoms with Crippen LogP contribution in [-0.2, 0) is 25.6 Å². The first-order valence-corrected chi connectivity index (χ1v) is 9.04. The summed E-state index contributed by atoms with van der Waals surface area (Å²) >= 11 is 0. The number of sulfone groups is 1. The number of hydrogen-bond acceptors (Lipinski definition) is 5. The lowest BCUT2D eigenvalue weighted by molar-refractivity contribution is 0.481. The van der Waals surface area contributed by atoms with Gasteiger partial charge in [0.25, 0.3) is 0 Å². The average molecular weight is 293 g/mol. The highest BCUT2D eigenvalue weighted by Gasteiger charge is 2.36. The Hall–Kier alpha value is -0.860. The summed E-state index contributed by atoms with van der Waals surface area (Å²) in [7, 11) is -6.69. The average Bonchev–Trinajstić information content (AvgIpc) is 2.83. The molecule has 1 aromatic rings. The molecule has 0 unspecified atom stereocenters.